The lowest BCUT2D eigenvalue weighted by molar-refractivity contribution is -0.570. The first-order chi connectivity index (χ1) is 45.6. The van der Waals surface area contributed by atoms with Crippen LogP contribution in [0.15, 0.2) is 271 Å². The molecular formula is C85H74N4O2Si. The van der Waals surface area contributed by atoms with Crippen molar-refractivity contribution in [3.05, 3.63) is 296 Å². The second-order valence-electron chi connectivity index (χ2n) is 27.6. The number of para-hydroxylation sites is 4. The highest BCUT2D eigenvalue weighted by atomic mass is 28.3. The first-order valence-corrected chi connectivity index (χ1v) is 33.8. The van der Waals surface area contributed by atoms with E-state index in [-0.39, 0.29) is 21.8 Å². The Balaban J connectivity index is 0.847. The summed E-state index contributed by atoms with van der Waals surface area (Å²) < 4.78 is 47.8. The van der Waals surface area contributed by atoms with Gasteiger partial charge in [-0.15, -0.1) is 0 Å². The molecule has 0 bridgehead atoms. The maximum absolute atomic E-state index is 9.34. The Labute approximate surface area is 544 Å². The lowest BCUT2D eigenvalue weighted by Crippen LogP contribution is -2.75. The van der Waals surface area contributed by atoms with Crippen molar-refractivity contribution in [2.24, 2.45) is 0 Å². The van der Waals surface area contributed by atoms with Gasteiger partial charge in [-0.3, -0.25) is 13.7 Å². The average Bonchev–Trinajstić information content (AvgIpc) is 1.62. The molecule has 0 N–H and O–H groups in total. The minimum Gasteiger partial charge on any atom is -0.458 e. The second-order valence-corrected chi connectivity index (χ2v) is 31.4. The first-order valence-electron chi connectivity index (χ1n) is 33.3. The Kier molecular flexibility index (Phi) is 13.2. The van der Waals surface area contributed by atoms with Gasteiger partial charge >= 0.3 is 0 Å². The van der Waals surface area contributed by atoms with Gasteiger partial charge in [0.1, 0.15) is 28.5 Å². The summed E-state index contributed by atoms with van der Waals surface area (Å²) in [4.78, 5) is 5.28. The number of nitrogens with zero attached hydrogens (tertiary/aromatic N) is 4. The molecule has 0 saturated heterocycles. The molecule has 0 atom stereocenters. The lowest BCUT2D eigenvalue weighted by atomic mass is 9.87. The number of rotatable bonds is 11. The van der Waals surface area contributed by atoms with Crippen molar-refractivity contribution in [2.45, 2.75) is 85.4 Å². The van der Waals surface area contributed by atoms with E-state index in [1.165, 1.54) is 32.3 Å². The lowest BCUT2D eigenvalue weighted by Gasteiger charge is -2.37. The number of hydrogen-bond donors (Lipinski definition) is 0. The molecule has 0 radical (unpaired) electrons. The highest BCUT2D eigenvalue weighted by molar-refractivity contribution is 7.20. The molecule has 6 nitrogen and oxygen atoms in total. The number of aromatic nitrogens is 4. The van der Waals surface area contributed by atoms with E-state index < -0.39 is 14.9 Å². The summed E-state index contributed by atoms with van der Waals surface area (Å²) in [5, 5.41) is 8.96. The fourth-order valence-electron chi connectivity index (χ4n) is 13.8. The third-order valence-electron chi connectivity index (χ3n) is 18.6. The SMILES string of the molecule is [2H]C([2H])([2H])c1cc(-n2c3ccccc3c3ccc(Oc4cccc(-n5[c-][n+](-c6c(-c7ccccc7)ccc7oc8ccccc8c67)c6ccccc65)c4)cc32)ncc1-c1cccc([Si](c2cccc(C(C)(C)C)c2)(c2cccc(C(C)(C)C)c2)c2cccc(C(C)(C)C)c2)c1. The summed E-state index contributed by atoms with van der Waals surface area (Å²) >= 11 is 0. The van der Waals surface area contributed by atoms with Crippen LogP contribution in [0.3, 0.4) is 0 Å². The number of imidazole rings is 1. The molecule has 0 amide bonds. The molecule has 0 aliphatic heterocycles. The molecule has 0 fully saturated rings. The summed E-state index contributed by atoms with van der Waals surface area (Å²) in [6.07, 6.45) is 5.58. The van der Waals surface area contributed by atoms with Gasteiger partial charge in [-0.25, -0.2) is 4.98 Å². The van der Waals surface area contributed by atoms with Crippen LogP contribution >= 0.6 is 0 Å². The van der Waals surface area contributed by atoms with Gasteiger partial charge in [0.2, 0.25) is 0 Å². The van der Waals surface area contributed by atoms with Gasteiger partial charge in [-0.2, -0.15) is 0 Å². The van der Waals surface area contributed by atoms with Gasteiger partial charge in [0, 0.05) is 43.5 Å². The number of ether oxygens (including phenoxy) is 1. The van der Waals surface area contributed by atoms with Gasteiger partial charge in [-0.1, -0.05) is 263 Å². The Morgan fingerprint density at radius 3 is 1.70 bits per heavy atom. The standard InChI is InChI=1S/C85H74N4O2Si/c1-56-47-80(86-54-73(56)58-27-20-33-65(48-58)92(66-34-21-28-59(49-66)83(2,3)4,67-35-22-29-60(50-67)84(5,6)7)68-36-23-30-61(51-68)85(8,9)10)89-74-39-16-14-37-70(74)71-44-43-64(53-77(71)89)90-63-32-24-31-62(52-63)87-55-88(76-41-18-17-40-75(76)87)82-69(57-25-12-11-13-26-57)45-46-79-81(82)72-38-15-19-42-78(72)91-79/h11-54H,1-10H3/i1D3. The minimum absolute atomic E-state index is 0.120. The molecule has 0 aliphatic rings. The van der Waals surface area contributed by atoms with E-state index in [1.54, 1.807) is 12.3 Å². The van der Waals surface area contributed by atoms with Crippen molar-refractivity contribution >= 4 is 83.6 Å². The summed E-state index contributed by atoms with van der Waals surface area (Å²) in [6.45, 7) is 18.0. The topological polar surface area (TPSA) is 49.0 Å². The molecule has 7 heteroatoms. The number of pyridine rings is 1. The van der Waals surface area contributed by atoms with Crippen LogP contribution in [-0.2, 0) is 16.2 Å². The molecule has 0 saturated carbocycles. The van der Waals surface area contributed by atoms with Crippen LogP contribution in [0.25, 0.3) is 94.2 Å². The van der Waals surface area contributed by atoms with Gasteiger partial charge in [0.15, 0.2) is 8.07 Å². The summed E-state index contributed by atoms with van der Waals surface area (Å²) in [6, 6.07) is 92.0. The fraction of sp³-hybridized carbons (Fsp3) is 0.153. The number of aryl methyl sites for hydroxylation is 1. The first kappa shape index (κ1) is 54.6. The molecule has 15 rings (SSSR count). The molecule has 0 spiro atoms. The molecule has 0 aliphatic carbocycles. The van der Waals surface area contributed by atoms with Gasteiger partial charge < -0.3 is 9.15 Å². The van der Waals surface area contributed by atoms with Crippen LogP contribution in [0.4, 0.5) is 0 Å². The maximum atomic E-state index is 9.34. The number of benzene rings is 11. The predicted molar refractivity (Wildman–Crippen MR) is 385 cm³/mol. The van der Waals surface area contributed by atoms with Crippen molar-refractivity contribution in [2.75, 3.05) is 0 Å². The largest absolute Gasteiger partial charge is 0.458 e. The van der Waals surface area contributed by atoms with Crippen molar-refractivity contribution in [3.8, 4) is 50.9 Å². The zero-order valence-corrected chi connectivity index (χ0v) is 54.5. The van der Waals surface area contributed by atoms with Crippen LogP contribution in [0, 0.1) is 13.2 Å². The minimum atomic E-state index is -3.26. The van der Waals surface area contributed by atoms with Crippen LogP contribution in [0.5, 0.6) is 11.5 Å². The molecular weight excluding hydrogens is 1140 g/mol. The van der Waals surface area contributed by atoms with E-state index in [9.17, 15) is 4.11 Å². The molecule has 0 unspecified atom stereocenters. The predicted octanol–water partition coefficient (Wildman–Crippen LogP) is 18.8. The van der Waals surface area contributed by atoms with Crippen molar-refractivity contribution in [3.63, 3.8) is 0 Å². The monoisotopic (exact) mass is 1210 g/mol. The molecule has 15 aromatic rings. The molecule has 11 aromatic carbocycles. The smallest absolute Gasteiger partial charge is 0.269 e. The quantitative estimate of drug-likeness (QED) is 0.0561. The summed E-state index contributed by atoms with van der Waals surface area (Å²) in [5.74, 6) is 1.72. The van der Waals surface area contributed by atoms with Crippen LogP contribution in [0.2, 0.25) is 0 Å². The van der Waals surface area contributed by atoms with E-state index in [0.717, 1.165) is 88.0 Å². The van der Waals surface area contributed by atoms with Gasteiger partial charge in [0.25, 0.3) is 6.33 Å². The zero-order chi connectivity index (χ0) is 65.8. The van der Waals surface area contributed by atoms with Crippen molar-refractivity contribution in [1.29, 1.82) is 0 Å². The van der Waals surface area contributed by atoms with E-state index in [4.69, 9.17) is 14.1 Å². The Morgan fingerprint density at radius 2 is 1.02 bits per heavy atom. The van der Waals surface area contributed by atoms with E-state index in [2.05, 4.69) is 276 Å². The maximum Gasteiger partial charge on any atom is 0.269 e. The van der Waals surface area contributed by atoms with E-state index >= 15 is 0 Å². The van der Waals surface area contributed by atoms with E-state index in [0.29, 0.717) is 22.9 Å². The van der Waals surface area contributed by atoms with E-state index in [1.807, 2.05) is 60.7 Å². The van der Waals surface area contributed by atoms with Gasteiger partial charge in [0.05, 0.1) is 33.4 Å². The Bertz CT molecular complexity index is 5340. The molecule has 4 aromatic heterocycles. The van der Waals surface area contributed by atoms with Crippen LogP contribution in [0.1, 0.15) is 88.7 Å². The summed E-state index contributed by atoms with van der Waals surface area (Å²) in [5.41, 5.74) is 14.2. The summed E-state index contributed by atoms with van der Waals surface area (Å²) in [7, 11) is -3.26. The highest BCUT2D eigenvalue weighted by Gasteiger charge is 2.43. The third kappa shape index (κ3) is 10.0. The number of furan rings is 1. The fourth-order valence-corrected chi connectivity index (χ4v) is 18.6. The van der Waals surface area contributed by atoms with Crippen molar-refractivity contribution < 1.29 is 17.8 Å². The molecule has 92 heavy (non-hydrogen) atoms. The molecule has 4 heterocycles. The zero-order valence-electron chi connectivity index (χ0n) is 56.5. The Morgan fingerprint density at radius 1 is 0.457 bits per heavy atom. The normalized spacial score (nSPS) is 13.1. The highest BCUT2D eigenvalue weighted by Crippen LogP contribution is 2.40. The average molecular weight is 1210 g/mol. The van der Waals surface area contributed by atoms with Crippen LogP contribution < -0.4 is 30.1 Å². The van der Waals surface area contributed by atoms with Gasteiger partial charge in [-0.05, 0) is 137 Å². The van der Waals surface area contributed by atoms with Crippen molar-refractivity contribution in [1.82, 2.24) is 14.1 Å². The number of fused-ring (bicyclic) bond motifs is 7. The second kappa shape index (κ2) is 22.3. The van der Waals surface area contributed by atoms with Crippen LogP contribution in [-0.4, -0.2) is 22.2 Å². The number of hydrogen-bond acceptors (Lipinski definition) is 3. The third-order valence-corrected chi connectivity index (χ3v) is 23.3. The molecule has 450 valence electrons. The Hall–Kier alpha value is -10.3.